The minimum atomic E-state index is -4.03. The molecule has 11 heteroatoms. The van der Waals surface area contributed by atoms with Gasteiger partial charge in [0.15, 0.2) is 11.5 Å². The van der Waals surface area contributed by atoms with E-state index in [-0.39, 0.29) is 28.7 Å². The molecule has 0 N–H and O–H groups in total. The highest BCUT2D eigenvalue weighted by Crippen LogP contribution is 2.33. The van der Waals surface area contributed by atoms with Crippen molar-refractivity contribution in [3.63, 3.8) is 0 Å². The lowest BCUT2D eigenvalue weighted by atomic mass is 10.2. The van der Waals surface area contributed by atoms with Gasteiger partial charge in [-0.25, -0.2) is 0 Å². The SMILES string of the molecule is COc1ccccc1OCCN1C(=O)S/C(=C\c2ccc(OS(=O)(=O)c3ccc(Cl)cc3)cc2)C1=O. The highest BCUT2D eigenvalue weighted by Gasteiger charge is 2.34. The van der Waals surface area contributed by atoms with Gasteiger partial charge in [0.2, 0.25) is 0 Å². The molecule has 0 radical (unpaired) electrons. The number of imide groups is 1. The van der Waals surface area contributed by atoms with Crippen LogP contribution >= 0.6 is 23.4 Å². The van der Waals surface area contributed by atoms with Crippen LogP contribution in [0.1, 0.15) is 5.56 Å². The predicted molar refractivity (Wildman–Crippen MR) is 137 cm³/mol. The van der Waals surface area contributed by atoms with Gasteiger partial charge in [-0.3, -0.25) is 14.5 Å². The number of carbonyl (C=O) groups is 2. The Hall–Kier alpha value is -3.47. The van der Waals surface area contributed by atoms with Gasteiger partial charge in [-0.05, 0) is 71.9 Å². The van der Waals surface area contributed by atoms with Crippen molar-refractivity contribution < 1.29 is 31.7 Å². The number of methoxy groups -OCH3 is 1. The molecular formula is C25H20ClNO7S2. The number of nitrogens with zero attached hydrogens (tertiary/aromatic N) is 1. The van der Waals surface area contributed by atoms with Crippen LogP contribution in [0.2, 0.25) is 5.02 Å². The second-order valence-electron chi connectivity index (χ2n) is 7.39. The van der Waals surface area contributed by atoms with E-state index in [0.717, 1.165) is 16.7 Å². The number of halogens is 1. The summed E-state index contributed by atoms with van der Waals surface area (Å²) in [6.07, 6.45) is 1.56. The van der Waals surface area contributed by atoms with Gasteiger partial charge in [0.1, 0.15) is 17.3 Å². The van der Waals surface area contributed by atoms with E-state index in [1.165, 1.54) is 43.5 Å². The maximum Gasteiger partial charge on any atom is 0.339 e. The molecule has 1 saturated heterocycles. The summed E-state index contributed by atoms with van der Waals surface area (Å²) in [5, 5.41) is 0.00977. The number of carbonyl (C=O) groups excluding carboxylic acids is 2. The molecule has 0 atom stereocenters. The average molecular weight is 546 g/mol. The van der Waals surface area contributed by atoms with E-state index in [9.17, 15) is 18.0 Å². The first-order valence-corrected chi connectivity index (χ1v) is 13.2. The van der Waals surface area contributed by atoms with Crippen molar-refractivity contribution in [1.82, 2.24) is 4.90 Å². The molecule has 2 amide bonds. The molecule has 0 spiro atoms. The molecule has 1 aliphatic rings. The van der Waals surface area contributed by atoms with Gasteiger partial charge in [0.05, 0.1) is 18.6 Å². The zero-order valence-electron chi connectivity index (χ0n) is 18.9. The van der Waals surface area contributed by atoms with Crippen molar-refractivity contribution in [2.75, 3.05) is 20.3 Å². The first-order valence-electron chi connectivity index (χ1n) is 10.6. The molecule has 0 saturated carbocycles. The summed E-state index contributed by atoms with van der Waals surface area (Å²) in [6, 6.07) is 18.8. The minimum Gasteiger partial charge on any atom is -0.493 e. The molecule has 3 aromatic carbocycles. The summed E-state index contributed by atoms with van der Waals surface area (Å²) < 4.78 is 40.9. The third-order valence-corrected chi connectivity index (χ3v) is 7.42. The third-order valence-electron chi connectivity index (χ3n) is 5.00. The van der Waals surface area contributed by atoms with Gasteiger partial charge in [0, 0.05) is 5.02 Å². The quantitative estimate of drug-likeness (QED) is 0.266. The van der Waals surface area contributed by atoms with Crippen LogP contribution in [0.25, 0.3) is 6.08 Å². The first-order chi connectivity index (χ1) is 17.3. The molecule has 8 nitrogen and oxygen atoms in total. The monoisotopic (exact) mass is 545 g/mol. The molecular weight excluding hydrogens is 526 g/mol. The van der Waals surface area contributed by atoms with E-state index >= 15 is 0 Å². The number of thioether (sulfide) groups is 1. The van der Waals surface area contributed by atoms with Crippen molar-refractivity contribution in [3.8, 4) is 17.2 Å². The number of amides is 2. The van der Waals surface area contributed by atoms with E-state index < -0.39 is 21.3 Å². The molecule has 186 valence electrons. The van der Waals surface area contributed by atoms with Gasteiger partial charge in [-0.2, -0.15) is 8.42 Å². The lowest BCUT2D eigenvalue weighted by Crippen LogP contribution is -2.32. The fourth-order valence-corrected chi connectivity index (χ4v) is 5.15. The Morgan fingerprint density at radius 2 is 1.61 bits per heavy atom. The predicted octanol–water partition coefficient (Wildman–Crippen LogP) is 5.23. The molecule has 1 aliphatic heterocycles. The summed E-state index contributed by atoms with van der Waals surface area (Å²) >= 11 is 6.62. The molecule has 4 rings (SSSR count). The Bertz CT molecular complexity index is 1410. The van der Waals surface area contributed by atoms with Crippen molar-refractivity contribution in [2.45, 2.75) is 4.90 Å². The molecule has 1 fully saturated rings. The largest absolute Gasteiger partial charge is 0.493 e. The average Bonchev–Trinajstić information content (AvgIpc) is 3.13. The minimum absolute atomic E-state index is 0.0284. The first kappa shape index (κ1) is 25.6. The van der Waals surface area contributed by atoms with Crippen LogP contribution < -0.4 is 13.7 Å². The van der Waals surface area contributed by atoms with Crippen molar-refractivity contribution in [1.29, 1.82) is 0 Å². The van der Waals surface area contributed by atoms with Gasteiger partial charge in [-0.1, -0.05) is 35.9 Å². The molecule has 0 bridgehead atoms. The summed E-state index contributed by atoms with van der Waals surface area (Å²) in [4.78, 5) is 26.4. The second-order valence-corrected chi connectivity index (χ2v) is 10.4. The Morgan fingerprint density at radius 3 is 2.28 bits per heavy atom. The summed E-state index contributed by atoms with van der Waals surface area (Å²) in [7, 11) is -2.50. The van der Waals surface area contributed by atoms with Crippen LogP contribution in [0.15, 0.2) is 82.6 Å². The number of hydrogen-bond donors (Lipinski definition) is 0. The van der Waals surface area contributed by atoms with Crippen LogP contribution in [-0.2, 0) is 14.9 Å². The lowest BCUT2D eigenvalue weighted by molar-refractivity contribution is -0.123. The Balaban J connectivity index is 1.38. The van der Waals surface area contributed by atoms with E-state index in [2.05, 4.69) is 0 Å². The second kappa shape index (κ2) is 11.1. The summed E-state index contributed by atoms with van der Waals surface area (Å²) in [6.45, 7) is 0.190. The van der Waals surface area contributed by atoms with E-state index in [0.29, 0.717) is 22.1 Å². The third kappa shape index (κ3) is 6.01. The molecule has 0 unspecified atom stereocenters. The molecule has 0 aromatic heterocycles. The summed E-state index contributed by atoms with van der Waals surface area (Å²) in [5.74, 6) is 0.741. The van der Waals surface area contributed by atoms with Crippen LogP contribution in [-0.4, -0.2) is 44.7 Å². The zero-order chi connectivity index (χ0) is 25.7. The smallest absolute Gasteiger partial charge is 0.339 e. The van der Waals surface area contributed by atoms with Crippen LogP contribution in [0.4, 0.5) is 4.79 Å². The van der Waals surface area contributed by atoms with Gasteiger partial charge in [-0.15, -0.1) is 0 Å². The molecule has 36 heavy (non-hydrogen) atoms. The van der Waals surface area contributed by atoms with Crippen LogP contribution in [0.3, 0.4) is 0 Å². The molecule has 0 aliphatic carbocycles. The fraction of sp³-hybridized carbons (Fsp3) is 0.120. The number of benzene rings is 3. The number of para-hydroxylation sites is 2. The Labute approximate surface area is 217 Å². The Kier molecular flexibility index (Phi) is 7.88. The van der Waals surface area contributed by atoms with Crippen LogP contribution in [0, 0.1) is 0 Å². The number of hydrogen-bond acceptors (Lipinski definition) is 8. The highest BCUT2D eigenvalue weighted by atomic mass is 35.5. The maximum absolute atomic E-state index is 12.7. The Morgan fingerprint density at radius 1 is 0.944 bits per heavy atom. The van der Waals surface area contributed by atoms with E-state index in [4.69, 9.17) is 25.3 Å². The van der Waals surface area contributed by atoms with Gasteiger partial charge >= 0.3 is 10.1 Å². The molecule has 3 aromatic rings. The van der Waals surface area contributed by atoms with Crippen molar-refractivity contribution >= 4 is 50.7 Å². The van der Waals surface area contributed by atoms with Crippen molar-refractivity contribution in [3.05, 3.63) is 88.3 Å². The topological polar surface area (TPSA) is 99.2 Å². The molecule has 1 heterocycles. The van der Waals surface area contributed by atoms with E-state index in [1.807, 2.05) is 6.07 Å². The van der Waals surface area contributed by atoms with E-state index in [1.54, 1.807) is 36.4 Å². The zero-order valence-corrected chi connectivity index (χ0v) is 21.3. The van der Waals surface area contributed by atoms with Gasteiger partial charge < -0.3 is 13.7 Å². The van der Waals surface area contributed by atoms with Crippen molar-refractivity contribution in [2.24, 2.45) is 0 Å². The van der Waals surface area contributed by atoms with Gasteiger partial charge in [0.25, 0.3) is 11.1 Å². The lowest BCUT2D eigenvalue weighted by Gasteiger charge is -2.14. The van der Waals surface area contributed by atoms with Crippen LogP contribution in [0.5, 0.6) is 17.2 Å². The number of ether oxygens (including phenoxy) is 2. The normalized spacial score (nSPS) is 14.8. The summed E-state index contributed by atoms with van der Waals surface area (Å²) in [5.41, 5.74) is 0.599. The standard InChI is InChI=1S/C25H20ClNO7S2/c1-32-21-4-2-3-5-22(21)33-15-14-27-24(28)23(35-25(27)29)16-17-6-10-19(11-7-17)34-36(30,31)20-12-8-18(26)9-13-20/h2-13,16H,14-15H2,1H3/b23-16-. The highest BCUT2D eigenvalue weighted by molar-refractivity contribution is 8.18. The maximum atomic E-state index is 12.7. The number of rotatable bonds is 9. The fourth-order valence-electron chi connectivity index (χ4n) is 3.22.